The summed E-state index contributed by atoms with van der Waals surface area (Å²) in [6.45, 7) is 6.42. The van der Waals surface area contributed by atoms with E-state index in [0.29, 0.717) is 18.4 Å². The van der Waals surface area contributed by atoms with Crippen LogP contribution in [0.1, 0.15) is 51.7 Å². The minimum Gasteiger partial charge on any atom is -0.472 e. The molecule has 2 bridgehead atoms. The van der Waals surface area contributed by atoms with E-state index in [2.05, 4.69) is 39.0 Å². The van der Waals surface area contributed by atoms with Crippen molar-refractivity contribution in [2.24, 2.45) is 28.1 Å². The van der Waals surface area contributed by atoms with Gasteiger partial charge in [0.2, 0.25) is 17.1 Å². The maximum Gasteiger partial charge on any atom is 0.217 e. The number of hydrogen-bond donors (Lipinski definition) is 1. The van der Waals surface area contributed by atoms with Crippen molar-refractivity contribution < 1.29 is 13.9 Å². The van der Waals surface area contributed by atoms with E-state index in [1.165, 1.54) is 12.5 Å². The zero-order valence-corrected chi connectivity index (χ0v) is 16.2. The number of rotatable bonds is 1. The average molecular weight is 378 g/mol. The van der Waals surface area contributed by atoms with Crippen molar-refractivity contribution in [3.63, 3.8) is 0 Å². The standard InChI is InChI=1S/C21H22N4O3/c1-18(2,3)14-4-6-21-15(8-14)20(12-24,17(25)28-21)19(10-22,11-23)16(27-21)13-5-7-26-9-13/h5,7,9,14-16,25H,4,6,8H2,1-3H3. The molecule has 5 atom stereocenters. The van der Waals surface area contributed by atoms with Crippen molar-refractivity contribution in [2.75, 3.05) is 0 Å². The Morgan fingerprint density at radius 1 is 1.18 bits per heavy atom. The molecule has 7 heteroatoms. The van der Waals surface area contributed by atoms with Crippen LogP contribution in [0.15, 0.2) is 23.0 Å². The molecular weight excluding hydrogens is 356 g/mol. The lowest BCUT2D eigenvalue weighted by molar-refractivity contribution is -0.301. The quantitative estimate of drug-likeness (QED) is 0.785. The van der Waals surface area contributed by atoms with Gasteiger partial charge < -0.3 is 13.9 Å². The van der Waals surface area contributed by atoms with Crippen LogP contribution in [-0.4, -0.2) is 11.7 Å². The Bertz CT molecular complexity index is 928. The van der Waals surface area contributed by atoms with Crippen molar-refractivity contribution in [2.45, 2.75) is 51.9 Å². The van der Waals surface area contributed by atoms with Gasteiger partial charge in [-0.05, 0) is 30.2 Å². The van der Waals surface area contributed by atoms with Gasteiger partial charge in [-0.15, -0.1) is 0 Å². The first-order valence-electron chi connectivity index (χ1n) is 9.42. The molecule has 1 N–H and O–H groups in total. The van der Waals surface area contributed by atoms with Crippen LogP contribution in [0.4, 0.5) is 0 Å². The van der Waals surface area contributed by atoms with E-state index < -0.39 is 28.6 Å². The first kappa shape index (κ1) is 18.5. The largest absolute Gasteiger partial charge is 0.472 e. The Balaban J connectivity index is 1.94. The van der Waals surface area contributed by atoms with E-state index in [9.17, 15) is 15.8 Å². The maximum atomic E-state index is 10.3. The van der Waals surface area contributed by atoms with Crippen LogP contribution >= 0.6 is 0 Å². The van der Waals surface area contributed by atoms with Crippen LogP contribution in [0.3, 0.4) is 0 Å². The maximum absolute atomic E-state index is 10.3. The van der Waals surface area contributed by atoms with Gasteiger partial charge in [-0.25, -0.2) is 0 Å². The molecular formula is C21H22N4O3. The summed E-state index contributed by atoms with van der Waals surface area (Å²) in [5.74, 6) is -1.80. The monoisotopic (exact) mass is 378 g/mol. The lowest BCUT2D eigenvalue weighted by Gasteiger charge is -2.54. The molecule has 4 rings (SSSR count). The predicted molar refractivity (Wildman–Crippen MR) is 96.1 cm³/mol. The molecule has 3 fully saturated rings. The van der Waals surface area contributed by atoms with Gasteiger partial charge in [-0.1, -0.05) is 20.8 Å². The summed E-state index contributed by atoms with van der Waals surface area (Å²) < 4.78 is 17.4. The molecule has 1 aliphatic carbocycles. The number of hydrogen-bond acceptors (Lipinski definition) is 7. The Kier molecular flexibility index (Phi) is 3.71. The van der Waals surface area contributed by atoms with Gasteiger partial charge in [0.25, 0.3) is 0 Å². The van der Waals surface area contributed by atoms with Crippen molar-refractivity contribution in [3.05, 3.63) is 24.2 Å². The molecule has 3 heterocycles. The van der Waals surface area contributed by atoms with Crippen LogP contribution in [0, 0.1) is 67.5 Å². The van der Waals surface area contributed by atoms with E-state index in [4.69, 9.17) is 19.3 Å². The molecule has 2 aliphatic heterocycles. The molecule has 28 heavy (non-hydrogen) atoms. The zero-order valence-electron chi connectivity index (χ0n) is 16.2. The third-order valence-corrected chi connectivity index (χ3v) is 6.98. The fourth-order valence-electron chi connectivity index (χ4n) is 5.35. The summed E-state index contributed by atoms with van der Waals surface area (Å²) >= 11 is 0. The molecule has 0 amide bonds. The Labute approximate surface area is 164 Å². The number of nitriles is 3. The van der Waals surface area contributed by atoms with E-state index in [1.807, 2.05) is 0 Å². The second-order valence-electron chi connectivity index (χ2n) is 9.14. The predicted octanol–water partition coefficient (Wildman–Crippen LogP) is 4.06. The highest BCUT2D eigenvalue weighted by atomic mass is 16.7. The third-order valence-electron chi connectivity index (χ3n) is 6.98. The molecule has 0 aromatic carbocycles. The molecule has 0 radical (unpaired) electrons. The van der Waals surface area contributed by atoms with Gasteiger partial charge >= 0.3 is 0 Å². The van der Waals surface area contributed by atoms with Gasteiger partial charge in [0, 0.05) is 12.0 Å². The second kappa shape index (κ2) is 5.60. The molecule has 7 nitrogen and oxygen atoms in total. The van der Waals surface area contributed by atoms with Crippen LogP contribution in [-0.2, 0) is 9.47 Å². The fourth-order valence-corrected chi connectivity index (χ4v) is 5.35. The zero-order chi connectivity index (χ0) is 20.4. The molecule has 2 saturated heterocycles. The number of furan rings is 1. The molecule has 144 valence electrons. The Morgan fingerprint density at radius 3 is 2.43 bits per heavy atom. The lowest BCUT2D eigenvalue weighted by atomic mass is 9.49. The van der Waals surface area contributed by atoms with E-state index >= 15 is 0 Å². The van der Waals surface area contributed by atoms with Crippen LogP contribution in [0.2, 0.25) is 0 Å². The number of ether oxygens (including phenoxy) is 2. The smallest absolute Gasteiger partial charge is 0.217 e. The molecule has 1 saturated carbocycles. The fraction of sp³-hybridized carbons (Fsp3) is 0.619. The first-order valence-corrected chi connectivity index (χ1v) is 9.42. The molecule has 3 aliphatic rings. The number of nitrogens with zero attached hydrogens (tertiary/aromatic N) is 3. The third kappa shape index (κ3) is 1.96. The molecule has 0 spiro atoms. The lowest BCUT2D eigenvalue weighted by Crippen LogP contribution is -2.61. The minimum atomic E-state index is -1.91. The summed E-state index contributed by atoms with van der Waals surface area (Å²) in [7, 11) is 0. The number of nitrogens with one attached hydrogen (secondary N) is 1. The topological polar surface area (TPSA) is 127 Å². The average Bonchev–Trinajstić information content (AvgIpc) is 3.25. The first-order chi connectivity index (χ1) is 13.2. The van der Waals surface area contributed by atoms with Gasteiger partial charge in [-0.3, -0.25) is 5.41 Å². The van der Waals surface area contributed by atoms with E-state index in [0.717, 1.165) is 6.42 Å². The normalized spacial score (nSPS) is 38.4. The van der Waals surface area contributed by atoms with Crippen LogP contribution < -0.4 is 0 Å². The summed E-state index contributed by atoms with van der Waals surface area (Å²) in [4.78, 5) is 0. The summed E-state index contributed by atoms with van der Waals surface area (Å²) in [5.41, 5.74) is -3.12. The summed E-state index contributed by atoms with van der Waals surface area (Å²) in [6.07, 6.45) is 3.70. The second-order valence-corrected chi connectivity index (χ2v) is 9.14. The van der Waals surface area contributed by atoms with Crippen molar-refractivity contribution in [1.29, 1.82) is 21.2 Å². The van der Waals surface area contributed by atoms with Gasteiger partial charge in [0.15, 0.2) is 5.41 Å². The van der Waals surface area contributed by atoms with Gasteiger partial charge in [-0.2, -0.15) is 15.8 Å². The van der Waals surface area contributed by atoms with Crippen LogP contribution in [0.5, 0.6) is 0 Å². The highest BCUT2D eigenvalue weighted by molar-refractivity contribution is 5.89. The van der Waals surface area contributed by atoms with E-state index in [-0.39, 0.29) is 17.2 Å². The van der Waals surface area contributed by atoms with Gasteiger partial charge in [0.1, 0.15) is 6.10 Å². The molecule has 1 aromatic rings. The highest BCUT2D eigenvalue weighted by Crippen LogP contribution is 2.70. The minimum absolute atomic E-state index is 0.0107. The van der Waals surface area contributed by atoms with Crippen LogP contribution in [0.25, 0.3) is 0 Å². The highest BCUT2D eigenvalue weighted by Gasteiger charge is 2.81. The van der Waals surface area contributed by atoms with E-state index in [1.54, 1.807) is 6.07 Å². The summed E-state index contributed by atoms with van der Waals surface area (Å²) in [6, 6.07) is 7.96. The SMILES string of the molecule is CC(C)(C)C1CCC23OC(=N)C(C#N)(C2C1)C(C#N)(C#N)C(c1ccoc1)O3. The van der Waals surface area contributed by atoms with Crippen molar-refractivity contribution in [1.82, 2.24) is 0 Å². The summed E-state index contributed by atoms with van der Waals surface area (Å²) in [5, 5.41) is 39.2. The van der Waals surface area contributed by atoms with Gasteiger partial charge in [0.05, 0.1) is 36.7 Å². The molecule has 5 unspecified atom stereocenters. The Morgan fingerprint density at radius 2 is 1.89 bits per heavy atom. The Hall–Kier alpha value is -2.82. The van der Waals surface area contributed by atoms with Crippen molar-refractivity contribution >= 4 is 5.90 Å². The van der Waals surface area contributed by atoms with Crippen molar-refractivity contribution in [3.8, 4) is 18.2 Å². The molecule has 1 aromatic heterocycles.